The van der Waals surface area contributed by atoms with Crippen molar-refractivity contribution in [3.8, 4) is 12.3 Å². The van der Waals surface area contributed by atoms with E-state index in [0.717, 1.165) is 31.0 Å². The predicted molar refractivity (Wildman–Crippen MR) is 111 cm³/mol. The van der Waals surface area contributed by atoms with Crippen molar-refractivity contribution in [1.82, 2.24) is 19.8 Å². The zero-order valence-corrected chi connectivity index (χ0v) is 16.3. The summed E-state index contributed by atoms with van der Waals surface area (Å²) in [6, 6.07) is 7.56. The third kappa shape index (κ3) is 4.71. The average molecular weight is 378 g/mol. The van der Waals surface area contributed by atoms with Gasteiger partial charge < -0.3 is 20.1 Å². The van der Waals surface area contributed by atoms with Crippen molar-refractivity contribution in [2.75, 3.05) is 32.0 Å². The molecule has 1 amide bonds. The summed E-state index contributed by atoms with van der Waals surface area (Å²) in [4.78, 5) is 23.0. The maximum atomic E-state index is 12.3. The molecule has 1 aliphatic heterocycles. The zero-order valence-electron chi connectivity index (χ0n) is 16.3. The van der Waals surface area contributed by atoms with Gasteiger partial charge in [-0.2, -0.15) is 0 Å². The van der Waals surface area contributed by atoms with Crippen LogP contribution in [0.1, 0.15) is 24.9 Å². The van der Waals surface area contributed by atoms with E-state index in [1.54, 1.807) is 19.3 Å². The molecule has 28 heavy (non-hydrogen) atoms. The second kappa shape index (κ2) is 9.09. The number of rotatable bonds is 4. The number of anilines is 1. The fourth-order valence-electron chi connectivity index (χ4n) is 3.48. The van der Waals surface area contributed by atoms with Gasteiger partial charge >= 0.3 is 0 Å². The average Bonchev–Trinajstić information content (AvgIpc) is 3.24. The van der Waals surface area contributed by atoms with Crippen molar-refractivity contribution >= 4 is 17.6 Å². The Labute approximate surface area is 165 Å². The second-order valence-corrected chi connectivity index (χ2v) is 6.96. The standard InChI is InChI=1S/C21H26N6O/c1-4-17-6-5-7-18(12-17)25-20(28)13-24-21(22-3)26-10-8-16(2)19(14-26)27-11-9-23-15-27/h1,5-7,9,11-12,15-16,19H,8,10,13-14H2,2-3H3,(H,22,24)(H,25,28). The second-order valence-electron chi connectivity index (χ2n) is 6.96. The smallest absolute Gasteiger partial charge is 0.243 e. The molecule has 7 heteroatoms. The van der Waals surface area contributed by atoms with Crippen LogP contribution in [0.15, 0.2) is 48.0 Å². The Hall–Kier alpha value is -3.27. The van der Waals surface area contributed by atoms with Gasteiger partial charge in [-0.25, -0.2) is 4.98 Å². The molecule has 2 heterocycles. The number of aliphatic imine (C=N–C) groups is 1. The minimum Gasteiger partial charge on any atom is -0.347 e. The molecular formula is C21H26N6O. The number of guanidine groups is 1. The fourth-order valence-corrected chi connectivity index (χ4v) is 3.48. The molecule has 2 atom stereocenters. The lowest BCUT2D eigenvalue weighted by atomic mass is 9.93. The molecule has 1 aromatic heterocycles. The summed E-state index contributed by atoms with van der Waals surface area (Å²) >= 11 is 0. The molecule has 7 nitrogen and oxygen atoms in total. The van der Waals surface area contributed by atoms with E-state index < -0.39 is 0 Å². The number of nitrogens with zero attached hydrogens (tertiary/aromatic N) is 4. The van der Waals surface area contributed by atoms with E-state index in [4.69, 9.17) is 6.42 Å². The van der Waals surface area contributed by atoms with Gasteiger partial charge in [-0.1, -0.05) is 18.9 Å². The van der Waals surface area contributed by atoms with Gasteiger partial charge in [-0.05, 0) is 30.5 Å². The Bertz CT molecular complexity index is 867. The van der Waals surface area contributed by atoms with Gasteiger partial charge in [0.15, 0.2) is 5.96 Å². The molecule has 2 N–H and O–H groups in total. The summed E-state index contributed by atoms with van der Waals surface area (Å²) < 4.78 is 2.15. The molecule has 146 valence electrons. The van der Waals surface area contributed by atoms with Crippen molar-refractivity contribution in [3.63, 3.8) is 0 Å². The molecule has 1 aromatic carbocycles. The number of imidazole rings is 1. The van der Waals surface area contributed by atoms with Crippen LogP contribution in [0.3, 0.4) is 0 Å². The fraction of sp³-hybridized carbons (Fsp3) is 0.381. The Morgan fingerprint density at radius 2 is 2.32 bits per heavy atom. The van der Waals surface area contributed by atoms with Crippen LogP contribution in [-0.4, -0.2) is 53.0 Å². The van der Waals surface area contributed by atoms with Gasteiger partial charge in [0.2, 0.25) is 5.91 Å². The van der Waals surface area contributed by atoms with Crippen molar-refractivity contribution < 1.29 is 4.79 Å². The molecule has 3 rings (SSSR count). The summed E-state index contributed by atoms with van der Waals surface area (Å²) in [5.74, 6) is 3.69. The maximum absolute atomic E-state index is 12.3. The summed E-state index contributed by atoms with van der Waals surface area (Å²) in [7, 11) is 1.74. The minimum absolute atomic E-state index is 0.134. The van der Waals surface area contributed by atoms with Crippen LogP contribution in [0.4, 0.5) is 5.69 Å². The number of amides is 1. The highest BCUT2D eigenvalue weighted by Crippen LogP contribution is 2.27. The third-order valence-corrected chi connectivity index (χ3v) is 5.06. The number of likely N-dealkylation sites (tertiary alicyclic amines) is 1. The molecule has 0 saturated carbocycles. The van der Waals surface area contributed by atoms with Gasteiger partial charge in [-0.3, -0.25) is 9.79 Å². The first-order valence-electron chi connectivity index (χ1n) is 9.40. The molecule has 2 unspecified atom stereocenters. The zero-order chi connectivity index (χ0) is 19.9. The van der Waals surface area contributed by atoms with E-state index >= 15 is 0 Å². The first-order chi connectivity index (χ1) is 13.6. The lowest BCUT2D eigenvalue weighted by Gasteiger charge is -2.39. The Morgan fingerprint density at radius 1 is 1.46 bits per heavy atom. The Morgan fingerprint density at radius 3 is 3.04 bits per heavy atom. The molecule has 0 radical (unpaired) electrons. The predicted octanol–water partition coefficient (Wildman–Crippen LogP) is 1.96. The summed E-state index contributed by atoms with van der Waals surface area (Å²) in [5.41, 5.74) is 1.42. The van der Waals surface area contributed by atoms with Crippen LogP contribution < -0.4 is 10.6 Å². The van der Waals surface area contributed by atoms with E-state index in [2.05, 4.69) is 42.9 Å². The number of hydrogen-bond donors (Lipinski definition) is 2. The molecule has 0 bridgehead atoms. The largest absolute Gasteiger partial charge is 0.347 e. The first kappa shape index (κ1) is 19.5. The molecule has 1 aliphatic rings. The topological polar surface area (TPSA) is 74.6 Å². The lowest BCUT2D eigenvalue weighted by molar-refractivity contribution is -0.115. The molecule has 0 spiro atoms. The summed E-state index contributed by atoms with van der Waals surface area (Å²) in [5, 5.41) is 6.02. The van der Waals surface area contributed by atoms with Gasteiger partial charge in [0.1, 0.15) is 0 Å². The van der Waals surface area contributed by atoms with Crippen LogP contribution in [0.2, 0.25) is 0 Å². The van der Waals surface area contributed by atoms with Crippen LogP contribution in [-0.2, 0) is 4.79 Å². The van der Waals surface area contributed by atoms with E-state index in [0.29, 0.717) is 17.6 Å². The van der Waals surface area contributed by atoms with Gasteiger partial charge in [0.25, 0.3) is 0 Å². The quantitative estimate of drug-likeness (QED) is 0.485. The van der Waals surface area contributed by atoms with E-state index in [1.807, 2.05) is 30.7 Å². The highest BCUT2D eigenvalue weighted by molar-refractivity contribution is 5.95. The van der Waals surface area contributed by atoms with Gasteiger partial charge in [0.05, 0.1) is 18.9 Å². The Balaban J connectivity index is 1.56. The third-order valence-electron chi connectivity index (χ3n) is 5.06. The highest BCUT2D eigenvalue weighted by Gasteiger charge is 2.29. The molecular weight excluding hydrogens is 352 g/mol. The summed E-state index contributed by atoms with van der Waals surface area (Å²) in [6.45, 7) is 4.12. The highest BCUT2D eigenvalue weighted by atomic mass is 16.1. The van der Waals surface area contributed by atoms with Gasteiger partial charge in [0, 0.05) is 43.8 Å². The number of aromatic nitrogens is 2. The number of piperidine rings is 1. The van der Waals surface area contributed by atoms with Crippen LogP contribution in [0.5, 0.6) is 0 Å². The van der Waals surface area contributed by atoms with E-state index in [-0.39, 0.29) is 12.5 Å². The molecule has 2 aromatic rings. The van der Waals surface area contributed by atoms with Crippen molar-refractivity contribution in [1.29, 1.82) is 0 Å². The minimum atomic E-state index is -0.146. The lowest BCUT2D eigenvalue weighted by Crippen LogP contribution is -2.50. The molecule has 1 saturated heterocycles. The number of terminal acetylenes is 1. The van der Waals surface area contributed by atoms with E-state index in [1.165, 1.54) is 0 Å². The molecule has 0 aliphatic carbocycles. The Kier molecular flexibility index (Phi) is 6.33. The van der Waals surface area contributed by atoms with Crippen LogP contribution in [0.25, 0.3) is 0 Å². The van der Waals surface area contributed by atoms with Gasteiger partial charge in [-0.15, -0.1) is 6.42 Å². The SMILES string of the molecule is C#Cc1cccc(NC(=O)CNC(=NC)N2CCC(C)C(n3ccnc3)C2)c1. The van der Waals surface area contributed by atoms with E-state index in [9.17, 15) is 4.79 Å². The normalized spacial score (nSPS) is 19.8. The van der Waals surface area contributed by atoms with Crippen molar-refractivity contribution in [3.05, 3.63) is 48.5 Å². The number of nitrogens with one attached hydrogen (secondary N) is 2. The molecule has 1 fully saturated rings. The van der Waals surface area contributed by atoms with Crippen molar-refractivity contribution in [2.45, 2.75) is 19.4 Å². The maximum Gasteiger partial charge on any atom is 0.243 e. The number of hydrogen-bond acceptors (Lipinski definition) is 3. The van der Waals surface area contributed by atoms with Crippen LogP contribution in [0, 0.1) is 18.3 Å². The van der Waals surface area contributed by atoms with Crippen molar-refractivity contribution in [2.24, 2.45) is 10.9 Å². The first-order valence-corrected chi connectivity index (χ1v) is 9.40. The number of carbonyl (C=O) groups excluding carboxylic acids is 1. The van der Waals surface area contributed by atoms with Crippen LogP contribution >= 0.6 is 0 Å². The number of benzene rings is 1. The monoisotopic (exact) mass is 378 g/mol. The number of carbonyl (C=O) groups is 1. The summed E-state index contributed by atoms with van der Waals surface area (Å²) in [6.07, 6.45) is 12.1.